The molecule has 0 aliphatic carbocycles. The van der Waals surface area contributed by atoms with E-state index in [0.29, 0.717) is 17.9 Å². The maximum Gasteiger partial charge on any atom is 0.235 e. The number of hydrogen-bond acceptors (Lipinski definition) is 4. The van der Waals surface area contributed by atoms with Crippen molar-refractivity contribution in [2.75, 3.05) is 24.6 Å². The van der Waals surface area contributed by atoms with E-state index in [9.17, 15) is 9.00 Å². The largest absolute Gasteiger partial charge is 0.298 e. The summed E-state index contributed by atoms with van der Waals surface area (Å²) in [5, 5.41) is 0. The van der Waals surface area contributed by atoms with E-state index in [2.05, 4.69) is 10.3 Å². The minimum absolute atomic E-state index is 0.149. The molecule has 0 spiro atoms. The Hall–Kier alpha value is -0.460. The molecule has 1 aliphatic heterocycles. The average Bonchev–Trinajstić information content (AvgIpc) is 2.18. The number of rotatable bonds is 3. The van der Waals surface area contributed by atoms with Gasteiger partial charge in [0, 0.05) is 47.9 Å². The number of hydrogen-bond donors (Lipinski definition) is 2. The molecule has 82 valence electrons. The van der Waals surface area contributed by atoms with Crippen molar-refractivity contribution in [3.63, 3.8) is 0 Å². The lowest BCUT2D eigenvalue weighted by Gasteiger charge is -2.31. The van der Waals surface area contributed by atoms with Crippen molar-refractivity contribution in [3.05, 3.63) is 0 Å². The number of nitrogens with zero attached hydrogens (tertiary/aromatic N) is 1. The van der Waals surface area contributed by atoms with Gasteiger partial charge in [-0.15, -0.1) is 0 Å². The summed E-state index contributed by atoms with van der Waals surface area (Å²) in [5.41, 5.74) is 2.12. The van der Waals surface area contributed by atoms with Gasteiger partial charge in [-0.1, -0.05) is 0 Å². The summed E-state index contributed by atoms with van der Waals surface area (Å²) in [6, 6.07) is 0.177. The van der Waals surface area contributed by atoms with E-state index < -0.39 is 10.8 Å². The van der Waals surface area contributed by atoms with Gasteiger partial charge in [0.05, 0.1) is 0 Å². The maximum atomic E-state index is 11.1. The summed E-state index contributed by atoms with van der Waals surface area (Å²) in [7, 11) is -0.659. The van der Waals surface area contributed by atoms with Gasteiger partial charge in [0.2, 0.25) is 5.91 Å². The minimum atomic E-state index is -0.659. The fourth-order valence-corrected chi connectivity index (χ4v) is 2.63. The molecule has 0 bridgehead atoms. The first-order valence-electron chi connectivity index (χ1n) is 4.72. The Balaban J connectivity index is 2.33. The van der Waals surface area contributed by atoms with Crippen molar-refractivity contribution in [3.8, 4) is 0 Å². The van der Waals surface area contributed by atoms with Gasteiger partial charge in [0.25, 0.3) is 0 Å². The second kappa shape index (κ2) is 5.43. The number of carbonyl (C=O) groups is 1. The normalized spacial score (nSPS) is 21.9. The number of nitrogens with two attached hydrogens (primary N) is 1. The lowest BCUT2D eigenvalue weighted by molar-refractivity contribution is -0.122. The fraction of sp³-hybridized carbons (Fsp3) is 0.875. The van der Waals surface area contributed by atoms with E-state index in [1.165, 1.54) is 0 Å². The van der Waals surface area contributed by atoms with Crippen LogP contribution in [0.2, 0.25) is 0 Å². The average molecular weight is 219 g/mol. The molecule has 1 atom stereocenters. The first-order chi connectivity index (χ1) is 6.63. The van der Waals surface area contributed by atoms with Crippen LogP contribution in [-0.2, 0) is 15.6 Å². The van der Waals surface area contributed by atoms with Crippen molar-refractivity contribution in [1.29, 1.82) is 0 Å². The lowest BCUT2D eigenvalue weighted by Crippen LogP contribution is -2.45. The first kappa shape index (κ1) is 11.6. The van der Waals surface area contributed by atoms with Crippen molar-refractivity contribution >= 4 is 16.7 Å². The molecule has 0 radical (unpaired) electrons. The molecule has 6 heteroatoms. The van der Waals surface area contributed by atoms with Crippen LogP contribution in [0.25, 0.3) is 0 Å². The van der Waals surface area contributed by atoms with Gasteiger partial charge in [-0.2, -0.15) is 0 Å². The predicted molar refractivity (Wildman–Crippen MR) is 55.9 cm³/mol. The zero-order chi connectivity index (χ0) is 10.6. The third kappa shape index (κ3) is 3.36. The van der Waals surface area contributed by atoms with Crippen LogP contribution in [-0.4, -0.2) is 45.7 Å². The number of nitrogens with one attached hydrogen (secondary N) is 1. The zero-order valence-electron chi connectivity index (χ0n) is 8.36. The molecule has 14 heavy (non-hydrogen) atoms. The van der Waals surface area contributed by atoms with E-state index in [4.69, 9.17) is 5.84 Å². The standard InChI is InChI=1S/C8H17N3O2S/c1-7(6-8(12)10-9)11-2-4-14(13)5-3-11/h7H,2-6,9H2,1H3,(H,10,12). The highest BCUT2D eigenvalue weighted by molar-refractivity contribution is 7.85. The lowest BCUT2D eigenvalue weighted by atomic mass is 10.2. The highest BCUT2D eigenvalue weighted by Gasteiger charge is 2.21. The molecule has 0 aromatic carbocycles. The van der Waals surface area contributed by atoms with Gasteiger partial charge in [-0.25, -0.2) is 5.84 Å². The van der Waals surface area contributed by atoms with E-state index >= 15 is 0 Å². The number of carbonyl (C=O) groups excluding carboxylic acids is 1. The van der Waals surface area contributed by atoms with Crippen LogP contribution in [0.3, 0.4) is 0 Å². The van der Waals surface area contributed by atoms with E-state index in [1.54, 1.807) is 0 Å². The van der Waals surface area contributed by atoms with Gasteiger partial charge in [0.15, 0.2) is 0 Å². The Morgan fingerprint density at radius 2 is 2.14 bits per heavy atom. The topological polar surface area (TPSA) is 75.4 Å². The molecule has 1 heterocycles. The molecule has 1 unspecified atom stereocenters. The summed E-state index contributed by atoms with van der Waals surface area (Å²) < 4.78 is 11.1. The third-order valence-electron chi connectivity index (χ3n) is 2.48. The summed E-state index contributed by atoms with van der Waals surface area (Å²) in [4.78, 5) is 13.2. The van der Waals surface area contributed by atoms with Gasteiger partial charge in [-0.05, 0) is 6.92 Å². The van der Waals surface area contributed by atoms with Gasteiger partial charge >= 0.3 is 0 Å². The smallest absolute Gasteiger partial charge is 0.235 e. The second-order valence-electron chi connectivity index (χ2n) is 3.50. The molecule has 5 nitrogen and oxygen atoms in total. The van der Waals surface area contributed by atoms with Crippen molar-refractivity contribution < 1.29 is 9.00 Å². The van der Waals surface area contributed by atoms with Crippen LogP contribution in [0.1, 0.15) is 13.3 Å². The predicted octanol–water partition coefficient (Wildman–Crippen LogP) is -1.18. The first-order valence-corrected chi connectivity index (χ1v) is 6.20. The van der Waals surface area contributed by atoms with Gasteiger partial charge < -0.3 is 0 Å². The SMILES string of the molecule is CC(CC(=O)NN)N1CCS(=O)CC1. The van der Waals surface area contributed by atoms with Crippen LogP contribution in [0.15, 0.2) is 0 Å². The number of hydrazine groups is 1. The Bertz CT molecular complexity index is 225. The van der Waals surface area contributed by atoms with Gasteiger partial charge in [0.1, 0.15) is 0 Å². The molecule has 1 rings (SSSR count). The van der Waals surface area contributed by atoms with Crippen molar-refractivity contribution in [1.82, 2.24) is 10.3 Å². The van der Waals surface area contributed by atoms with Crippen LogP contribution in [0.4, 0.5) is 0 Å². The molecule has 1 aliphatic rings. The van der Waals surface area contributed by atoms with Gasteiger partial charge in [-0.3, -0.25) is 19.3 Å². The molecule has 1 saturated heterocycles. The molecule has 3 N–H and O–H groups in total. The van der Waals surface area contributed by atoms with Crippen LogP contribution in [0, 0.1) is 0 Å². The molecular weight excluding hydrogens is 202 g/mol. The van der Waals surface area contributed by atoms with E-state index in [0.717, 1.165) is 13.1 Å². The summed E-state index contributed by atoms with van der Waals surface area (Å²) in [5.74, 6) is 6.29. The fourth-order valence-electron chi connectivity index (χ4n) is 1.55. The molecule has 0 aromatic heterocycles. The van der Waals surface area contributed by atoms with Crippen LogP contribution >= 0.6 is 0 Å². The molecule has 1 amide bonds. The molecule has 1 fully saturated rings. The van der Waals surface area contributed by atoms with E-state index in [1.807, 2.05) is 6.92 Å². The molecule has 0 saturated carbocycles. The van der Waals surface area contributed by atoms with E-state index in [-0.39, 0.29) is 11.9 Å². The summed E-state index contributed by atoms with van der Waals surface area (Å²) in [6.07, 6.45) is 0.406. The Morgan fingerprint density at radius 1 is 1.57 bits per heavy atom. The Morgan fingerprint density at radius 3 is 2.64 bits per heavy atom. The zero-order valence-corrected chi connectivity index (χ0v) is 9.18. The molecule has 0 aromatic rings. The highest BCUT2D eigenvalue weighted by atomic mass is 32.2. The summed E-state index contributed by atoms with van der Waals surface area (Å²) in [6.45, 7) is 3.61. The quantitative estimate of drug-likeness (QED) is 0.356. The highest BCUT2D eigenvalue weighted by Crippen LogP contribution is 2.08. The Kier molecular flexibility index (Phi) is 4.50. The Labute approximate surface area is 86.4 Å². The van der Waals surface area contributed by atoms with Crippen molar-refractivity contribution in [2.45, 2.75) is 19.4 Å². The second-order valence-corrected chi connectivity index (χ2v) is 5.20. The monoisotopic (exact) mass is 219 g/mol. The van der Waals surface area contributed by atoms with Crippen LogP contribution < -0.4 is 11.3 Å². The minimum Gasteiger partial charge on any atom is -0.298 e. The molecular formula is C8H17N3O2S. The number of amides is 1. The summed E-state index contributed by atoms with van der Waals surface area (Å²) >= 11 is 0. The third-order valence-corrected chi connectivity index (χ3v) is 3.75. The maximum absolute atomic E-state index is 11.1. The van der Waals surface area contributed by atoms with Crippen molar-refractivity contribution in [2.24, 2.45) is 5.84 Å². The van der Waals surface area contributed by atoms with Crippen LogP contribution in [0.5, 0.6) is 0 Å².